The first-order valence-corrected chi connectivity index (χ1v) is 5.14. The highest BCUT2D eigenvalue weighted by atomic mass is 16.5. The number of hydrogen-bond donors (Lipinski definition) is 1. The van der Waals surface area contributed by atoms with E-state index in [0.717, 1.165) is 31.6 Å². The smallest absolute Gasteiger partial charge is 0.103 e. The van der Waals surface area contributed by atoms with Crippen molar-refractivity contribution in [3.05, 3.63) is 24.2 Å². The minimum Gasteiger partial charge on any atom is -0.469 e. The van der Waals surface area contributed by atoms with Gasteiger partial charge in [-0.25, -0.2) is 0 Å². The van der Waals surface area contributed by atoms with Crippen LogP contribution in [0, 0.1) is 5.92 Å². The second kappa shape index (κ2) is 4.62. The van der Waals surface area contributed by atoms with Gasteiger partial charge in [0.1, 0.15) is 5.76 Å². The van der Waals surface area contributed by atoms with Gasteiger partial charge in [-0.1, -0.05) is 0 Å². The maximum atomic E-state index is 9.83. The number of aryl methyl sites for hydroxylation is 1. The van der Waals surface area contributed by atoms with Crippen LogP contribution in [0.3, 0.4) is 0 Å². The fraction of sp³-hybridized carbons (Fsp3) is 0.636. The standard InChI is InChI=1S/C11H16O3/c12-11(9-5-7-13-8-9)4-3-10-2-1-6-14-10/h1-2,6,9,11-12H,3-5,7-8H2. The molecule has 2 rings (SSSR count). The zero-order valence-corrected chi connectivity index (χ0v) is 8.19. The van der Waals surface area contributed by atoms with Crippen LogP contribution in [0.15, 0.2) is 22.8 Å². The normalized spacial score (nSPS) is 23.9. The molecule has 0 saturated carbocycles. The first-order valence-electron chi connectivity index (χ1n) is 5.14. The van der Waals surface area contributed by atoms with Crippen molar-refractivity contribution in [2.24, 2.45) is 5.92 Å². The zero-order valence-electron chi connectivity index (χ0n) is 8.19. The predicted octanol–water partition coefficient (Wildman–Crippen LogP) is 1.61. The molecular formula is C11H16O3. The molecule has 1 fully saturated rings. The van der Waals surface area contributed by atoms with Gasteiger partial charge in [-0.05, 0) is 25.0 Å². The minimum atomic E-state index is -0.248. The van der Waals surface area contributed by atoms with Gasteiger partial charge >= 0.3 is 0 Å². The van der Waals surface area contributed by atoms with E-state index in [4.69, 9.17) is 9.15 Å². The highest BCUT2D eigenvalue weighted by Gasteiger charge is 2.23. The van der Waals surface area contributed by atoms with E-state index in [1.165, 1.54) is 0 Å². The molecule has 1 N–H and O–H groups in total. The molecule has 1 aliphatic heterocycles. The number of ether oxygens (including phenoxy) is 1. The molecule has 14 heavy (non-hydrogen) atoms. The van der Waals surface area contributed by atoms with Crippen molar-refractivity contribution in [1.29, 1.82) is 0 Å². The van der Waals surface area contributed by atoms with Crippen LogP contribution in [0.5, 0.6) is 0 Å². The van der Waals surface area contributed by atoms with E-state index in [0.29, 0.717) is 12.5 Å². The van der Waals surface area contributed by atoms with Gasteiger partial charge in [0.25, 0.3) is 0 Å². The van der Waals surface area contributed by atoms with Crippen molar-refractivity contribution >= 4 is 0 Å². The van der Waals surface area contributed by atoms with Gasteiger partial charge in [-0.2, -0.15) is 0 Å². The molecule has 2 unspecified atom stereocenters. The molecule has 0 amide bonds. The van der Waals surface area contributed by atoms with Crippen LogP contribution in [0.1, 0.15) is 18.6 Å². The number of hydrogen-bond acceptors (Lipinski definition) is 3. The van der Waals surface area contributed by atoms with Gasteiger partial charge in [-0.3, -0.25) is 0 Å². The summed E-state index contributed by atoms with van der Waals surface area (Å²) in [6.45, 7) is 1.50. The van der Waals surface area contributed by atoms with Crippen LogP contribution in [-0.2, 0) is 11.2 Å². The second-order valence-electron chi connectivity index (χ2n) is 3.81. The predicted molar refractivity (Wildman–Crippen MR) is 52.0 cm³/mol. The summed E-state index contributed by atoms with van der Waals surface area (Å²) in [6.07, 6.45) is 3.98. The Morgan fingerprint density at radius 1 is 1.57 bits per heavy atom. The van der Waals surface area contributed by atoms with Crippen molar-refractivity contribution in [2.75, 3.05) is 13.2 Å². The number of rotatable bonds is 4. The molecule has 1 aliphatic rings. The van der Waals surface area contributed by atoms with E-state index in [2.05, 4.69) is 0 Å². The van der Waals surface area contributed by atoms with Crippen molar-refractivity contribution in [3.8, 4) is 0 Å². The summed E-state index contributed by atoms with van der Waals surface area (Å²) in [5.74, 6) is 1.27. The lowest BCUT2D eigenvalue weighted by Gasteiger charge is -2.15. The van der Waals surface area contributed by atoms with Gasteiger partial charge in [0.05, 0.1) is 19.0 Å². The average Bonchev–Trinajstić information content (AvgIpc) is 2.87. The number of furan rings is 1. The van der Waals surface area contributed by atoms with Gasteiger partial charge in [0.2, 0.25) is 0 Å². The minimum absolute atomic E-state index is 0.248. The van der Waals surface area contributed by atoms with Crippen molar-refractivity contribution < 1.29 is 14.3 Å². The molecule has 1 aromatic rings. The molecule has 0 bridgehead atoms. The molecule has 2 heterocycles. The third kappa shape index (κ3) is 2.36. The maximum absolute atomic E-state index is 9.83. The SMILES string of the molecule is OC(CCc1ccco1)C1CCOC1. The Morgan fingerprint density at radius 3 is 3.14 bits per heavy atom. The summed E-state index contributed by atoms with van der Waals surface area (Å²) in [4.78, 5) is 0. The van der Waals surface area contributed by atoms with Crippen LogP contribution < -0.4 is 0 Å². The highest BCUT2D eigenvalue weighted by Crippen LogP contribution is 2.20. The van der Waals surface area contributed by atoms with Crippen LogP contribution in [0.25, 0.3) is 0 Å². The van der Waals surface area contributed by atoms with E-state index >= 15 is 0 Å². The molecule has 0 spiro atoms. The summed E-state index contributed by atoms with van der Waals surface area (Å²) < 4.78 is 10.4. The average molecular weight is 196 g/mol. The number of aliphatic hydroxyl groups excluding tert-OH is 1. The first kappa shape index (κ1) is 9.74. The summed E-state index contributed by atoms with van der Waals surface area (Å²) in [7, 11) is 0. The molecule has 2 atom stereocenters. The number of aliphatic hydroxyl groups is 1. The van der Waals surface area contributed by atoms with E-state index in [9.17, 15) is 5.11 Å². The molecular weight excluding hydrogens is 180 g/mol. The van der Waals surface area contributed by atoms with Crippen LogP contribution in [-0.4, -0.2) is 24.4 Å². The third-order valence-corrected chi connectivity index (χ3v) is 2.78. The first-order chi connectivity index (χ1) is 6.86. The Morgan fingerprint density at radius 2 is 2.50 bits per heavy atom. The van der Waals surface area contributed by atoms with Gasteiger partial charge in [0.15, 0.2) is 0 Å². The lowest BCUT2D eigenvalue weighted by molar-refractivity contribution is 0.0839. The van der Waals surface area contributed by atoms with Crippen LogP contribution in [0.4, 0.5) is 0 Å². The molecule has 0 aromatic carbocycles. The van der Waals surface area contributed by atoms with Gasteiger partial charge in [-0.15, -0.1) is 0 Å². The van der Waals surface area contributed by atoms with Crippen molar-refractivity contribution in [2.45, 2.75) is 25.4 Å². The topological polar surface area (TPSA) is 42.6 Å². The Hall–Kier alpha value is -0.800. The highest BCUT2D eigenvalue weighted by molar-refractivity contribution is 4.98. The second-order valence-corrected chi connectivity index (χ2v) is 3.81. The summed E-state index contributed by atoms with van der Waals surface area (Å²) in [5.41, 5.74) is 0. The van der Waals surface area contributed by atoms with Gasteiger partial charge < -0.3 is 14.3 Å². The molecule has 0 radical (unpaired) electrons. The van der Waals surface area contributed by atoms with E-state index in [-0.39, 0.29) is 6.10 Å². The molecule has 78 valence electrons. The largest absolute Gasteiger partial charge is 0.469 e. The summed E-state index contributed by atoms with van der Waals surface area (Å²) in [6, 6.07) is 3.82. The molecule has 3 nitrogen and oxygen atoms in total. The summed E-state index contributed by atoms with van der Waals surface area (Å²) >= 11 is 0. The molecule has 3 heteroatoms. The summed E-state index contributed by atoms with van der Waals surface area (Å²) in [5, 5.41) is 9.83. The zero-order chi connectivity index (χ0) is 9.80. The van der Waals surface area contributed by atoms with Crippen molar-refractivity contribution in [1.82, 2.24) is 0 Å². The van der Waals surface area contributed by atoms with Crippen LogP contribution >= 0.6 is 0 Å². The maximum Gasteiger partial charge on any atom is 0.103 e. The van der Waals surface area contributed by atoms with Crippen molar-refractivity contribution in [3.63, 3.8) is 0 Å². The third-order valence-electron chi connectivity index (χ3n) is 2.78. The lowest BCUT2D eigenvalue weighted by Crippen LogP contribution is -2.21. The van der Waals surface area contributed by atoms with E-state index in [1.807, 2.05) is 12.1 Å². The van der Waals surface area contributed by atoms with Crippen LogP contribution in [0.2, 0.25) is 0 Å². The molecule has 1 saturated heterocycles. The Labute approximate surface area is 83.7 Å². The molecule has 1 aromatic heterocycles. The Bertz CT molecular complexity index is 250. The lowest BCUT2D eigenvalue weighted by atomic mass is 9.97. The Kier molecular flexibility index (Phi) is 3.22. The monoisotopic (exact) mass is 196 g/mol. The van der Waals surface area contributed by atoms with Gasteiger partial charge in [0, 0.05) is 18.9 Å². The molecule has 0 aliphatic carbocycles. The fourth-order valence-electron chi connectivity index (χ4n) is 1.84. The van der Waals surface area contributed by atoms with E-state index in [1.54, 1.807) is 6.26 Å². The Balaban J connectivity index is 1.74. The fourth-order valence-corrected chi connectivity index (χ4v) is 1.84. The quantitative estimate of drug-likeness (QED) is 0.795. The van der Waals surface area contributed by atoms with E-state index < -0.39 is 0 Å².